The van der Waals surface area contributed by atoms with Gasteiger partial charge in [-0.3, -0.25) is 9.48 Å². The number of nitrogens with zero attached hydrogens (tertiary/aromatic N) is 3. The number of aryl methyl sites for hydroxylation is 1. The highest BCUT2D eigenvalue weighted by atomic mass is 16.3. The molecule has 1 saturated carbocycles. The van der Waals surface area contributed by atoms with Crippen molar-refractivity contribution in [3.05, 3.63) is 42.1 Å². The molecule has 0 aromatic carbocycles. The summed E-state index contributed by atoms with van der Waals surface area (Å²) in [5, 5.41) is 4.35. The Morgan fingerprint density at radius 2 is 2.41 bits per heavy atom. The highest BCUT2D eigenvalue weighted by Gasteiger charge is 2.49. The summed E-state index contributed by atoms with van der Waals surface area (Å²) in [4.78, 5) is 14.8. The number of carbonyl (C=O) groups excluding carboxylic acids is 1. The third-order valence-corrected chi connectivity index (χ3v) is 4.84. The summed E-state index contributed by atoms with van der Waals surface area (Å²) >= 11 is 0. The van der Waals surface area contributed by atoms with Gasteiger partial charge in [-0.05, 0) is 43.9 Å². The summed E-state index contributed by atoms with van der Waals surface area (Å²) in [6.45, 7) is 3.72. The van der Waals surface area contributed by atoms with Gasteiger partial charge in [0.25, 0.3) is 0 Å². The molecule has 2 aromatic rings. The monoisotopic (exact) mass is 299 g/mol. The number of rotatable bonds is 4. The van der Waals surface area contributed by atoms with Gasteiger partial charge < -0.3 is 9.32 Å². The van der Waals surface area contributed by atoms with Gasteiger partial charge in [-0.15, -0.1) is 0 Å². The predicted molar refractivity (Wildman–Crippen MR) is 81.3 cm³/mol. The minimum atomic E-state index is 0.117. The minimum Gasteiger partial charge on any atom is -0.469 e. The molecule has 0 bridgehead atoms. The maximum Gasteiger partial charge on any atom is 0.226 e. The zero-order valence-corrected chi connectivity index (χ0v) is 12.8. The van der Waals surface area contributed by atoms with Gasteiger partial charge >= 0.3 is 0 Å². The summed E-state index contributed by atoms with van der Waals surface area (Å²) in [6.07, 6.45) is 8.70. The molecule has 0 radical (unpaired) electrons. The van der Waals surface area contributed by atoms with E-state index in [0.717, 1.165) is 43.7 Å². The van der Waals surface area contributed by atoms with Crippen LogP contribution in [0.4, 0.5) is 0 Å². The van der Waals surface area contributed by atoms with Crippen molar-refractivity contribution in [2.45, 2.75) is 44.7 Å². The molecule has 1 aliphatic heterocycles. The quantitative estimate of drug-likeness (QED) is 0.872. The summed E-state index contributed by atoms with van der Waals surface area (Å²) in [5.41, 5.74) is 1.16. The average Bonchev–Trinajstić information content (AvgIpc) is 2.93. The van der Waals surface area contributed by atoms with Crippen molar-refractivity contribution in [3.63, 3.8) is 0 Å². The lowest BCUT2D eigenvalue weighted by Gasteiger charge is -2.25. The fourth-order valence-corrected chi connectivity index (χ4v) is 3.60. The molecule has 1 aliphatic carbocycles. The molecule has 5 heteroatoms. The van der Waals surface area contributed by atoms with Crippen molar-refractivity contribution in [3.8, 4) is 0 Å². The molecule has 0 unspecified atom stereocenters. The van der Waals surface area contributed by atoms with Gasteiger partial charge in [0, 0.05) is 24.6 Å². The lowest BCUT2D eigenvalue weighted by Crippen LogP contribution is -2.39. The lowest BCUT2D eigenvalue weighted by molar-refractivity contribution is -0.133. The average molecular weight is 299 g/mol. The summed E-state index contributed by atoms with van der Waals surface area (Å²) < 4.78 is 7.40. The second-order valence-corrected chi connectivity index (χ2v) is 6.53. The molecular weight excluding hydrogens is 278 g/mol. The molecule has 4 rings (SSSR count). The van der Waals surface area contributed by atoms with Crippen LogP contribution >= 0.6 is 0 Å². The van der Waals surface area contributed by atoms with Gasteiger partial charge in [0.1, 0.15) is 5.76 Å². The highest BCUT2D eigenvalue weighted by Crippen LogP contribution is 2.49. The lowest BCUT2D eigenvalue weighted by atomic mass is 10.2. The van der Waals surface area contributed by atoms with Gasteiger partial charge in [-0.25, -0.2) is 0 Å². The van der Waals surface area contributed by atoms with E-state index in [1.807, 2.05) is 36.1 Å². The Hall–Kier alpha value is -2.04. The molecule has 3 atom stereocenters. The molecule has 22 heavy (non-hydrogen) atoms. The van der Waals surface area contributed by atoms with Crippen molar-refractivity contribution < 1.29 is 9.21 Å². The van der Waals surface area contributed by atoms with Crippen LogP contribution in [0.3, 0.4) is 0 Å². The number of amides is 1. The molecule has 0 spiro atoms. The Morgan fingerprint density at radius 3 is 3.14 bits per heavy atom. The number of likely N-dealkylation sites (tertiary alicyclic amines) is 1. The van der Waals surface area contributed by atoms with Crippen LogP contribution in [0.25, 0.3) is 0 Å². The van der Waals surface area contributed by atoms with E-state index in [9.17, 15) is 4.79 Å². The van der Waals surface area contributed by atoms with Crippen molar-refractivity contribution in [1.29, 1.82) is 0 Å². The van der Waals surface area contributed by atoms with Crippen LogP contribution in [-0.4, -0.2) is 33.2 Å². The molecule has 0 N–H and O–H groups in total. The van der Waals surface area contributed by atoms with Crippen LogP contribution in [0.2, 0.25) is 0 Å². The number of carbonyl (C=O) groups is 1. The zero-order valence-electron chi connectivity index (χ0n) is 12.8. The van der Waals surface area contributed by atoms with Gasteiger partial charge in [0.2, 0.25) is 5.91 Å². The van der Waals surface area contributed by atoms with Crippen molar-refractivity contribution >= 4 is 5.91 Å². The zero-order chi connectivity index (χ0) is 15.1. The Morgan fingerprint density at radius 1 is 1.50 bits per heavy atom. The second-order valence-electron chi connectivity index (χ2n) is 6.53. The maximum absolute atomic E-state index is 12.8. The molecule has 3 heterocycles. The topological polar surface area (TPSA) is 51.3 Å². The molecule has 2 aromatic heterocycles. The van der Waals surface area contributed by atoms with Gasteiger partial charge in [-0.2, -0.15) is 5.10 Å². The molecule has 2 fully saturated rings. The second kappa shape index (κ2) is 5.30. The first-order valence-electron chi connectivity index (χ1n) is 8.05. The Balaban J connectivity index is 1.42. The van der Waals surface area contributed by atoms with Gasteiger partial charge in [-0.1, -0.05) is 0 Å². The van der Waals surface area contributed by atoms with E-state index in [2.05, 4.69) is 10.00 Å². The first-order chi connectivity index (χ1) is 10.7. The van der Waals surface area contributed by atoms with Crippen LogP contribution in [0.5, 0.6) is 0 Å². The third-order valence-electron chi connectivity index (χ3n) is 4.84. The largest absolute Gasteiger partial charge is 0.469 e. The van der Waals surface area contributed by atoms with E-state index in [1.165, 1.54) is 0 Å². The Bertz CT molecular complexity index is 661. The molecular formula is C17H21N3O2. The molecule has 1 amide bonds. The normalized spacial score (nSPS) is 27.3. The number of hydrogen-bond acceptors (Lipinski definition) is 3. The number of furan rings is 1. The molecule has 5 nitrogen and oxygen atoms in total. The fourth-order valence-electron chi connectivity index (χ4n) is 3.60. The molecule has 1 saturated heterocycles. The first-order valence-corrected chi connectivity index (χ1v) is 8.05. The van der Waals surface area contributed by atoms with Crippen LogP contribution < -0.4 is 0 Å². The smallest absolute Gasteiger partial charge is 0.226 e. The van der Waals surface area contributed by atoms with Crippen LogP contribution in [0, 0.1) is 12.8 Å². The van der Waals surface area contributed by atoms with E-state index in [4.69, 9.17) is 4.42 Å². The van der Waals surface area contributed by atoms with E-state index >= 15 is 0 Å². The minimum absolute atomic E-state index is 0.117. The van der Waals surface area contributed by atoms with Crippen LogP contribution in [0.15, 0.2) is 35.2 Å². The van der Waals surface area contributed by atoms with E-state index in [-0.39, 0.29) is 17.9 Å². The van der Waals surface area contributed by atoms with Crippen LogP contribution in [-0.2, 0) is 11.3 Å². The Labute approximate surface area is 129 Å². The summed E-state index contributed by atoms with van der Waals surface area (Å²) in [7, 11) is 0. The van der Waals surface area contributed by atoms with Gasteiger partial charge in [0.05, 0.1) is 25.0 Å². The van der Waals surface area contributed by atoms with Crippen molar-refractivity contribution in [2.24, 2.45) is 5.92 Å². The maximum atomic E-state index is 12.8. The predicted octanol–water partition coefficient (Wildman–Crippen LogP) is 2.58. The number of hydrogen-bond donors (Lipinski definition) is 0. The van der Waals surface area contributed by atoms with E-state index in [0.29, 0.717) is 5.91 Å². The fraction of sp³-hybridized carbons (Fsp3) is 0.529. The highest BCUT2D eigenvalue weighted by molar-refractivity contribution is 5.83. The first kappa shape index (κ1) is 13.6. The van der Waals surface area contributed by atoms with Crippen molar-refractivity contribution in [1.82, 2.24) is 14.7 Å². The van der Waals surface area contributed by atoms with Crippen LogP contribution in [0.1, 0.15) is 36.5 Å². The SMILES string of the molecule is Cc1cnn(C[C@@H]2CCCN2C(=O)[C@@H]2C[C@H]2c2ccco2)c1. The Kier molecular flexibility index (Phi) is 3.28. The summed E-state index contributed by atoms with van der Waals surface area (Å²) in [6, 6.07) is 4.16. The third kappa shape index (κ3) is 2.45. The summed E-state index contributed by atoms with van der Waals surface area (Å²) in [5.74, 6) is 1.66. The standard InChI is InChI=1S/C17H21N3O2/c1-12-9-18-19(10-12)11-13-4-2-6-20(13)17(21)15-8-14(15)16-5-3-7-22-16/h3,5,7,9-10,13-15H,2,4,6,8,11H2,1H3/t13-,14+,15+/m0/s1. The van der Waals surface area contributed by atoms with E-state index < -0.39 is 0 Å². The number of aromatic nitrogens is 2. The van der Waals surface area contributed by atoms with E-state index in [1.54, 1.807) is 6.26 Å². The molecule has 116 valence electrons. The van der Waals surface area contributed by atoms with Gasteiger partial charge in [0.15, 0.2) is 0 Å². The van der Waals surface area contributed by atoms with Crippen molar-refractivity contribution in [2.75, 3.05) is 6.54 Å². The molecule has 2 aliphatic rings.